The molecule has 3 heterocycles. The van der Waals surface area contributed by atoms with Crippen LogP contribution in [0.1, 0.15) is 16.5 Å². The smallest absolute Gasteiger partial charge is 0.231 e. The molecule has 116 valence electrons. The van der Waals surface area contributed by atoms with Crippen molar-refractivity contribution in [1.82, 2.24) is 4.98 Å². The van der Waals surface area contributed by atoms with Crippen LogP contribution < -0.4 is 9.47 Å². The molecule has 0 radical (unpaired) electrons. The van der Waals surface area contributed by atoms with E-state index in [1.54, 1.807) is 29.8 Å². The second-order valence-electron chi connectivity index (χ2n) is 4.87. The lowest BCUT2D eigenvalue weighted by atomic mass is 10.0. The Balaban J connectivity index is 1.70. The molecular formula is C15H9ClN2O3S2. The van der Waals surface area contributed by atoms with E-state index in [4.69, 9.17) is 26.5 Å². The SMILES string of the molecule is N=C1S/C(=C\c2cc3c(cc2Cl)OCO3)C(=O)[C@@H]1c1nccs1. The molecular weight excluding hydrogens is 356 g/mol. The molecule has 5 nitrogen and oxygen atoms in total. The van der Waals surface area contributed by atoms with Gasteiger partial charge in [0.1, 0.15) is 10.9 Å². The number of thiazole rings is 1. The molecule has 23 heavy (non-hydrogen) atoms. The number of nitrogens with zero attached hydrogens (tertiary/aromatic N) is 1. The van der Waals surface area contributed by atoms with Gasteiger partial charge in [0, 0.05) is 17.6 Å². The van der Waals surface area contributed by atoms with Crippen LogP contribution >= 0.6 is 34.7 Å². The predicted octanol–water partition coefficient (Wildman–Crippen LogP) is 3.94. The summed E-state index contributed by atoms with van der Waals surface area (Å²) in [6.07, 6.45) is 3.33. The van der Waals surface area contributed by atoms with Crippen LogP contribution in [-0.4, -0.2) is 22.6 Å². The summed E-state index contributed by atoms with van der Waals surface area (Å²) in [5, 5.41) is 11.3. The van der Waals surface area contributed by atoms with Gasteiger partial charge in [0.2, 0.25) is 6.79 Å². The Kier molecular flexibility index (Phi) is 3.63. The second kappa shape index (κ2) is 5.67. The Morgan fingerprint density at radius 3 is 2.87 bits per heavy atom. The fourth-order valence-corrected chi connectivity index (χ4v) is 4.38. The van der Waals surface area contributed by atoms with E-state index < -0.39 is 5.92 Å². The van der Waals surface area contributed by atoms with E-state index in [1.165, 1.54) is 11.3 Å². The number of Topliss-reactive ketones (excluding diaryl/α,β-unsaturated/α-hetero) is 1. The molecule has 1 N–H and O–H groups in total. The van der Waals surface area contributed by atoms with Gasteiger partial charge in [-0.05, 0) is 17.7 Å². The largest absolute Gasteiger partial charge is 0.454 e. The zero-order valence-corrected chi connectivity index (χ0v) is 13.9. The van der Waals surface area contributed by atoms with Gasteiger partial charge in [0.15, 0.2) is 17.3 Å². The van der Waals surface area contributed by atoms with Crippen LogP contribution in [0, 0.1) is 5.41 Å². The molecule has 1 saturated heterocycles. The van der Waals surface area contributed by atoms with Gasteiger partial charge >= 0.3 is 0 Å². The van der Waals surface area contributed by atoms with Crippen LogP contribution in [-0.2, 0) is 4.79 Å². The first-order valence-electron chi connectivity index (χ1n) is 6.64. The molecule has 0 aliphatic carbocycles. The highest BCUT2D eigenvalue weighted by molar-refractivity contribution is 8.19. The average Bonchev–Trinajstić information content (AvgIpc) is 3.22. The third-order valence-electron chi connectivity index (χ3n) is 3.46. The number of carbonyl (C=O) groups is 1. The molecule has 0 bridgehead atoms. The molecule has 0 spiro atoms. The lowest BCUT2D eigenvalue weighted by Crippen LogP contribution is -2.11. The average molecular weight is 365 g/mol. The van der Waals surface area contributed by atoms with Crippen molar-refractivity contribution < 1.29 is 14.3 Å². The fourth-order valence-electron chi connectivity index (χ4n) is 2.38. The summed E-state index contributed by atoms with van der Waals surface area (Å²) in [5.41, 5.74) is 0.666. The molecule has 2 aliphatic heterocycles. The molecule has 2 aliphatic rings. The first-order chi connectivity index (χ1) is 11.1. The summed E-state index contributed by atoms with van der Waals surface area (Å²) < 4.78 is 10.6. The number of aromatic nitrogens is 1. The Hall–Kier alpha value is -1.83. The zero-order valence-electron chi connectivity index (χ0n) is 11.5. The fraction of sp³-hybridized carbons (Fsp3) is 0.133. The first-order valence-corrected chi connectivity index (χ1v) is 8.71. The maximum Gasteiger partial charge on any atom is 0.231 e. The monoisotopic (exact) mass is 364 g/mol. The number of thioether (sulfide) groups is 1. The van der Waals surface area contributed by atoms with Crippen LogP contribution in [0.3, 0.4) is 0 Å². The quantitative estimate of drug-likeness (QED) is 0.817. The topological polar surface area (TPSA) is 72.3 Å². The number of hydrogen-bond donors (Lipinski definition) is 1. The molecule has 1 atom stereocenters. The lowest BCUT2D eigenvalue weighted by molar-refractivity contribution is -0.114. The Morgan fingerprint density at radius 1 is 1.35 bits per heavy atom. The van der Waals surface area contributed by atoms with Crippen molar-refractivity contribution in [3.63, 3.8) is 0 Å². The number of ketones is 1. The summed E-state index contributed by atoms with van der Waals surface area (Å²) in [4.78, 5) is 17.2. The van der Waals surface area contributed by atoms with Crippen molar-refractivity contribution in [1.29, 1.82) is 5.41 Å². The summed E-state index contributed by atoms with van der Waals surface area (Å²) in [7, 11) is 0. The third kappa shape index (κ3) is 2.54. The molecule has 0 unspecified atom stereocenters. The minimum absolute atomic E-state index is 0.122. The number of carbonyl (C=O) groups excluding carboxylic acids is 1. The number of rotatable bonds is 2. The number of fused-ring (bicyclic) bond motifs is 1. The van der Waals surface area contributed by atoms with E-state index >= 15 is 0 Å². The van der Waals surface area contributed by atoms with Gasteiger partial charge in [-0.2, -0.15) is 0 Å². The van der Waals surface area contributed by atoms with E-state index in [-0.39, 0.29) is 17.6 Å². The highest BCUT2D eigenvalue weighted by Crippen LogP contribution is 2.43. The second-order valence-corrected chi connectivity index (χ2v) is 7.29. The molecule has 1 aromatic carbocycles. The van der Waals surface area contributed by atoms with Crippen molar-refractivity contribution >= 4 is 51.6 Å². The van der Waals surface area contributed by atoms with Gasteiger partial charge < -0.3 is 9.47 Å². The molecule has 0 saturated carbocycles. The first kappa shape index (κ1) is 14.7. The van der Waals surface area contributed by atoms with Gasteiger partial charge in [0.25, 0.3) is 0 Å². The number of hydrogen-bond acceptors (Lipinski definition) is 7. The van der Waals surface area contributed by atoms with E-state index in [0.717, 1.165) is 11.8 Å². The third-order valence-corrected chi connectivity index (χ3v) is 5.63. The van der Waals surface area contributed by atoms with Crippen molar-refractivity contribution in [2.24, 2.45) is 0 Å². The van der Waals surface area contributed by atoms with Gasteiger partial charge in [-0.1, -0.05) is 23.4 Å². The van der Waals surface area contributed by atoms with Crippen LogP contribution in [0.15, 0.2) is 28.6 Å². The van der Waals surface area contributed by atoms with E-state index in [2.05, 4.69) is 4.98 Å². The Morgan fingerprint density at radius 2 is 2.13 bits per heavy atom. The van der Waals surface area contributed by atoms with Crippen molar-refractivity contribution in [2.75, 3.05) is 6.79 Å². The minimum atomic E-state index is -0.598. The normalized spacial score (nSPS) is 21.4. The minimum Gasteiger partial charge on any atom is -0.454 e. The number of benzene rings is 1. The Labute approximate surface area is 144 Å². The maximum absolute atomic E-state index is 12.6. The molecule has 1 fully saturated rings. The van der Waals surface area contributed by atoms with Crippen LogP contribution in [0.5, 0.6) is 11.5 Å². The van der Waals surface area contributed by atoms with Gasteiger partial charge in [0.05, 0.1) is 15.0 Å². The lowest BCUT2D eigenvalue weighted by Gasteiger charge is -2.03. The van der Waals surface area contributed by atoms with Crippen LogP contribution in [0.2, 0.25) is 5.02 Å². The van der Waals surface area contributed by atoms with Crippen LogP contribution in [0.25, 0.3) is 6.08 Å². The molecule has 2 aromatic rings. The summed E-state index contributed by atoms with van der Waals surface area (Å²) >= 11 is 8.77. The molecule has 4 rings (SSSR count). The van der Waals surface area contributed by atoms with E-state index in [0.29, 0.717) is 32.0 Å². The van der Waals surface area contributed by atoms with Gasteiger partial charge in [-0.25, -0.2) is 4.98 Å². The summed E-state index contributed by atoms with van der Waals surface area (Å²) in [6, 6.07) is 3.41. The predicted molar refractivity (Wildman–Crippen MR) is 90.7 cm³/mol. The van der Waals surface area contributed by atoms with Gasteiger partial charge in [-0.15, -0.1) is 11.3 Å². The number of halogens is 1. The van der Waals surface area contributed by atoms with Crippen LogP contribution in [0.4, 0.5) is 0 Å². The number of allylic oxidation sites excluding steroid dienone is 1. The summed E-state index contributed by atoms with van der Waals surface area (Å²) in [5.74, 6) is 0.474. The highest BCUT2D eigenvalue weighted by Gasteiger charge is 2.38. The molecule has 8 heteroatoms. The number of ether oxygens (including phenoxy) is 2. The zero-order chi connectivity index (χ0) is 16.0. The Bertz CT molecular complexity index is 849. The van der Waals surface area contributed by atoms with Crippen molar-refractivity contribution in [3.05, 3.63) is 44.2 Å². The standard InChI is InChI=1S/C15H9ClN2O3S2/c16-8-5-10-9(20-6-21-10)3-7(8)4-11-13(19)12(14(17)23-11)15-18-1-2-22-15/h1-5,12,17H,6H2/b11-4-,17-14?/t12-/m0/s1. The number of nitrogens with one attached hydrogen (secondary N) is 1. The van der Waals surface area contributed by atoms with Gasteiger partial charge in [-0.3, -0.25) is 10.2 Å². The summed E-state index contributed by atoms with van der Waals surface area (Å²) in [6.45, 7) is 0.163. The highest BCUT2D eigenvalue weighted by atomic mass is 35.5. The van der Waals surface area contributed by atoms with Crippen molar-refractivity contribution in [2.45, 2.75) is 5.92 Å². The maximum atomic E-state index is 12.6. The van der Waals surface area contributed by atoms with E-state index in [1.807, 2.05) is 0 Å². The van der Waals surface area contributed by atoms with E-state index in [9.17, 15) is 4.79 Å². The molecule has 1 aromatic heterocycles. The van der Waals surface area contributed by atoms with Crippen molar-refractivity contribution in [3.8, 4) is 11.5 Å². The molecule has 0 amide bonds.